The smallest absolute Gasteiger partial charge is 0.407 e. The lowest BCUT2D eigenvalue weighted by atomic mass is 9.92. The van der Waals surface area contributed by atoms with Gasteiger partial charge in [-0.1, -0.05) is 6.92 Å². The van der Waals surface area contributed by atoms with Crippen molar-refractivity contribution in [1.82, 2.24) is 24.8 Å². The topological polar surface area (TPSA) is 104 Å². The molecule has 4 heterocycles. The summed E-state index contributed by atoms with van der Waals surface area (Å²) in [5.41, 5.74) is 2.89. The standard InChI is InChI=1S/C25H34N8O2/c1-17-9-11-33(25(34)35)16-21(17)31(3)23-20-8-10-26-22(20)28-24(29-23)27-18-4-6-19(7-5-18)32-14-12-30(2)13-15-32/h4-8,10,17,21H,9,11-16H2,1-3H3,(H,34,35)(H2,26,27,28,29)/t17-,21+/m1/s1. The molecule has 0 spiro atoms. The van der Waals surface area contributed by atoms with E-state index in [1.165, 1.54) is 10.6 Å². The number of nitrogens with zero attached hydrogens (tertiary/aromatic N) is 6. The summed E-state index contributed by atoms with van der Waals surface area (Å²) in [5.74, 6) is 1.64. The Morgan fingerprint density at radius 1 is 1.11 bits per heavy atom. The third-order valence-corrected chi connectivity index (χ3v) is 7.41. The number of rotatable bonds is 5. The van der Waals surface area contributed by atoms with E-state index in [-0.39, 0.29) is 6.04 Å². The molecular formula is C25H34N8O2. The first-order chi connectivity index (χ1) is 16.9. The summed E-state index contributed by atoms with van der Waals surface area (Å²) in [7, 11) is 4.16. The second-order valence-corrected chi connectivity index (χ2v) is 9.75. The van der Waals surface area contributed by atoms with Crippen molar-refractivity contribution in [2.24, 2.45) is 5.92 Å². The van der Waals surface area contributed by atoms with Gasteiger partial charge in [-0.25, -0.2) is 4.79 Å². The first-order valence-electron chi connectivity index (χ1n) is 12.3. The lowest BCUT2D eigenvalue weighted by Gasteiger charge is -2.41. The largest absolute Gasteiger partial charge is 0.465 e. The number of likely N-dealkylation sites (N-methyl/N-ethyl adjacent to an activating group) is 2. The van der Waals surface area contributed by atoms with Gasteiger partial charge in [0, 0.05) is 63.9 Å². The van der Waals surface area contributed by atoms with Crippen molar-refractivity contribution in [3.63, 3.8) is 0 Å². The van der Waals surface area contributed by atoms with E-state index in [9.17, 15) is 9.90 Å². The van der Waals surface area contributed by atoms with Gasteiger partial charge in [0.1, 0.15) is 11.5 Å². The van der Waals surface area contributed by atoms with Gasteiger partial charge in [-0.05, 0) is 49.7 Å². The zero-order valence-electron chi connectivity index (χ0n) is 20.6. The van der Waals surface area contributed by atoms with Crippen molar-refractivity contribution in [2.45, 2.75) is 19.4 Å². The number of likely N-dealkylation sites (tertiary alicyclic amines) is 1. The molecule has 2 atom stereocenters. The number of aromatic nitrogens is 3. The van der Waals surface area contributed by atoms with Gasteiger partial charge in [-0.2, -0.15) is 9.97 Å². The van der Waals surface area contributed by atoms with Crippen LogP contribution >= 0.6 is 0 Å². The number of hydrogen-bond acceptors (Lipinski definition) is 7. The van der Waals surface area contributed by atoms with Crippen LogP contribution in [-0.2, 0) is 0 Å². The van der Waals surface area contributed by atoms with E-state index in [1.54, 1.807) is 0 Å². The average Bonchev–Trinajstić information content (AvgIpc) is 3.33. The number of carbonyl (C=O) groups is 1. The Bertz CT molecular complexity index is 1170. The fraction of sp³-hybridized carbons (Fsp3) is 0.480. The van der Waals surface area contributed by atoms with Crippen molar-refractivity contribution >= 4 is 40.3 Å². The van der Waals surface area contributed by atoms with Crippen molar-refractivity contribution in [1.29, 1.82) is 0 Å². The second kappa shape index (κ2) is 9.61. The Labute approximate surface area is 205 Å². The second-order valence-electron chi connectivity index (χ2n) is 9.75. The zero-order chi connectivity index (χ0) is 24.5. The Morgan fingerprint density at radius 2 is 1.86 bits per heavy atom. The average molecular weight is 479 g/mol. The molecule has 2 aliphatic rings. The summed E-state index contributed by atoms with van der Waals surface area (Å²) in [6.07, 6.45) is 1.82. The predicted molar refractivity (Wildman–Crippen MR) is 139 cm³/mol. The highest BCUT2D eigenvalue weighted by Crippen LogP contribution is 2.31. The number of carboxylic acid groups (broad SMARTS) is 1. The minimum atomic E-state index is -0.868. The molecule has 1 amide bonds. The SMILES string of the molecule is C[C@@H]1CCN(C(=O)O)C[C@@H]1N(C)c1nc(Nc2ccc(N3CCN(C)CC3)cc2)nc2[nH]ccc12. The van der Waals surface area contributed by atoms with E-state index in [2.05, 4.69) is 68.2 Å². The van der Waals surface area contributed by atoms with Gasteiger partial charge in [-0.15, -0.1) is 0 Å². The van der Waals surface area contributed by atoms with Crippen LogP contribution in [0.5, 0.6) is 0 Å². The summed E-state index contributed by atoms with van der Waals surface area (Å²) in [4.78, 5) is 32.7. The number of nitrogens with one attached hydrogen (secondary N) is 2. The summed E-state index contributed by atoms with van der Waals surface area (Å²) in [6.45, 7) is 7.42. The number of amides is 1. The Morgan fingerprint density at radius 3 is 2.57 bits per heavy atom. The van der Waals surface area contributed by atoms with Gasteiger partial charge in [-0.3, -0.25) is 0 Å². The first-order valence-corrected chi connectivity index (χ1v) is 12.3. The van der Waals surface area contributed by atoms with Crippen LogP contribution in [0.2, 0.25) is 0 Å². The van der Waals surface area contributed by atoms with E-state index in [4.69, 9.17) is 4.98 Å². The van der Waals surface area contributed by atoms with E-state index >= 15 is 0 Å². The predicted octanol–water partition coefficient (Wildman–Crippen LogP) is 3.28. The third-order valence-electron chi connectivity index (χ3n) is 7.41. The lowest BCUT2D eigenvalue weighted by molar-refractivity contribution is 0.118. The van der Waals surface area contributed by atoms with Gasteiger partial charge >= 0.3 is 6.09 Å². The minimum Gasteiger partial charge on any atom is -0.465 e. The van der Waals surface area contributed by atoms with Crippen molar-refractivity contribution < 1.29 is 9.90 Å². The van der Waals surface area contributed by atoms with Crippen LogP contribution < -0.4 is 15.1 Å². The molecule has 0 radical (unpaired) electrons. The molecule has 10 nitrogen and oxygen atoms in total. The molecule has 186 valence electrons. The number of aromatic amines is 1. The molecule has 10 heteroatoms. The van der Waals surface area contributed by atoms with Crippen LogP contribution in [0, 0.1) is 5.92 Å². The number of piperidine rings is 1. The number of fused-ring (bicyclic) bond motifs is 1. The van der Waals surface area contributed by atoms with Crippen LogP contribution in [0.4, 0.5) is 27.9 Å². The molecule has 0 unspecified atom stereocenters. The molecule has 2 fully saturated rings. The molecule has 0 saturated carbocycles. The van der Waals surface area contributed by atoms with Crippen LogP contribution in [0.15, 0.2) is 36.5 Å². The van der Waals surface area contributed by atoms with Gasteiger partial charge in [0.15, 0.2) is 0 Å². The monoisotopic (exact) mass is 478 g/mol. The highest BCUT2D eigenvalue weighted by atomic mass is 16.4. The molecular weight excluding hydrogens is 444 g/mol. The zero-order valence-corrected chi connectivity index (χ0v) is 20.6. The quantitative estimate of drug-likeness (QED) is 0.513. The summed E-state index contributed by atoms with van der Waals surface area (Å²) in [6, 6.07) is 10.4. The van der Waals surface area contributed by atoms with Crippen LogP contribution in [0.25, 0.3) is 11.0 Å². The number of H-pyrrole nitrogens is 1. The van der Waals surface area contributed by atoms with Crippen molar-refractivity contribution in [3.05, 3.63) is 36.5 Å². The summed E-state index contributed by atoms with van der Waals surface area (Å²) >= 11 is 0. The van der Waals surface area contributed by atoms with Crippen LogP contribution in [-0.4, -0.2) is 95.4 Å². The first kappa shape index (κ1) is 23.2. The molecule has 1 aromatic carbocycles. The Hall–Kier alpha value is -3.53. The van der Waals surface area contributed by atoms with Crippen LogP contribution in [0.1, 0.15) is 13.3 Å². The highest BCUT2D eigenvalue weighted by molar-refractivity contribution is 5.89. The summed E-state index contributed by atoms with van der Waals surface area (Å²) < 4.78 is 0. The van der Waals surface area contributed by atoms with Gasteiger partial charge in [0.05, 0.1) is 11.4 Å². The minimum absolute atomic E-state index is 0.0311. The molecule has 2 aromatic heterocycles. The molecule has 5 rings (SSSR count). The molecule has 3 N–H and O–H groups in total. The molecule has 35 heavy (non-hydrogen) atoms. The number of hydrogen-bond donors (Lipinski definition) is 3. The maximum absolute atomic E-state index is 11.6. The maximum atomic E-state index is 11.6. The van der Waals surface area contributed by atoms with Crippen LogP contribution in [0.3, 0.4) is 0 Å². The van der Waals surface area contributed by atoms with E-state index in [0.29, 0.717) is 25.0 Å². The van der Waals surface area contributed by atoms with Crippen molar-refractivity contribution in [2.75, 3.05) is 68.5 Å². The number of anilines is 4. The molecule has 0 bridgehead atoms. The highest BCUT2D eigenvalue weighted by Gasteiger charge is 2.33. The Balaban J connectivity index is 1.37. The molecule has 2 aliphatic heterocycles. The van der Waals surface area contributed by atoms with E-state index in [1.807, 2.05) is 19.3 Å². The fourth-order valence-corrected chi connectivity index (χ4v) is 5.08. The van der Waals surface area contributed by atoms with Gasteiger partial charge in [0.25, 0.3) is 0 Å². The Kier molecular flexibility index (Phi) is 6.38. The molecule has 0 aliphatic carbocycles. The van der Waals surface area contributed by atoms with Gasteiger partial charge < -0.3 is 35.0 Å². The van der Waals surface area contributed by atoms with Gasteiger partial charge in [0.2, 0.25) is 5.95 Å². The third kappa shape index (κ3) is 4.84. The summed E-state index contributed by atoms with van der Waals surface area (Å²) in [5, 5.41) is 13.8. The normalized spacial score (nSPS) is 21.3. The molecule has 3 aromatic rings. The van der Waals surface area contributed by atoms with E-state index in [0.717, 1.165) is 55.1 Å². The fourth-order valence-electron chi connectivity index (χ4n) is 5.08. The number of benzene rings is 1. The number of piperazine rings is 1. The van der Waals surface area contributed by atoms with Crippen molar-refractivity contribution in [3.8, 4) is 0 Å². The van der Waals surface area contributed by atoms with E-state index < -0.39 is 6.09 Å². The molecule has 2 saturated heterocycles. The lowest BCUT2D eigenvalue weighted by Crippen LogP contribution is -2.52. The maximum Gasteiger partial charge on any atom is 0.407 e.